The van der Waals surface area contributed by atoms with Crippen molar-refractivity contribution < 1.29 is 22.2 Å². The van der Waals surface area contributed by atoms with Crippen LogP contribution in [0.5, 0.6) is 0 Å². The van der Waals surface area contributed by atoms with E-state index >= 15 is 0 Å². The number of imidazole rings is 1. The van der Waals surface area contributed by atoms with Gasteiger partial charge in [0, 0.05) is 85.9 Å². The van der Waals surface area contributed by atoms with Crippen LogP contribution in [0.25, 0.3) is 0 Å². The summed E-state index contributed by atoms with van der Waals surface area (Å²) < 4.78 is 22.3. The third-order valence-electron chi connectivity index (χ3n) is 8.12. The molecule has 2 aromatic carbocycles. The van der Waals surface area contributed by atoms with Crippen molar-refractivity contribution in [1.82, 2.24) is 96.0 Å². The number of H-pyrrole nitrogens is 4. The van der Waals surface area contributed by atoms with E-state index in [-0.39, 0.29) is 0 Å². The van der Waals surface area contributed by atoms with Crippen LogP contribution < -0.4 is 0 Å². The number of pyridine rings is 3. The first-order chi connectivity index (χ1) is 47.5. The van der Waals surface area contributed by atoms with Crippen LogP contribution in [0.2, 0.25) is 0 Å². The normalized spacial score (nSPS) is 8.51. The van der Waals surface area contributed by atoms with Crippen molar-refractivity contribution in [3.8, 4) is 0 Å². The molecule has 0 saturated heterocycles. The van der Waals surface area contributed by atoms with Gasteiger partial charge in [-0.3, -0.25) is 35.2 Å². The second kappa shape index (κ2) is 77.2. The Bertz CT molecular complexity index is 2520. The Morgan fingerprint density at radius 2 is 0.800 bits per heavy atom. The molecule has 0 spiro atoms. The predicted molar refractivity (Wildman–Crippen MR) is 372 cm³/mol. The standard InChI is InChI=1S/2C6H6.3C5H5N.C5H6.2C4H4O.C4H4S.3C3H4N2.2C3H3NO.C3H3NS.C2H3N3.C2H2N2O.C2H2N2S/c5*1-2-4-6-5-3-1;4*1-2-4-5-3-1;1-2-5-3-4-1;2*1-2-4-5-3-1;1-2-5-3-4-1;1-2-4-5-3-1;1-2-5-3-4-1;1-3-2-5-4-1;2*1-3-4-2-5-1/h2*1-6H;3*1-5H;1-4H,5H2;3*1-4H;3*1-3H,(H,4,5);3*1-3H;1-2H,(H,3,4,5);2*1-2H. The first-order valence-corrected chi connectivity index (χ1v) is 30.6. The van der Waals surface area contributed by atoms with Crippen LogP contribution in [-0.2, 0) is 0 Å². The molecule has 1 aliphatic rings. The maximum Gasteiger partial charge on any atom is 0.203 e. The van der Waals surface area contributed by atoms with Gasteiger partial charge >= 0.3 is 0 Å². The number of thiazole rings is 1. The van der Waals surface area contributed by atoms with Crippen molar-refractivity contribution in [2.24, 2.45) is 0 Å². The molecule has 1 aliphatic carbocycles. The number of hydrogen-bond acceptors (Lipinski definition) is 23. The Morgan fingerprint density at radius 1 is 0.284 bits per heavy atom. The molecule has 0 radical (unpaired) electrons. The topological polar surface area (TPSA) is 322 Å². The molecular formula is C68H73N19O5S3. The van der Waals surface area contributed by atoms with Crippen molar-refractivity contribution in [3.63, 3.8) is 0 Å². The molecule has 0 saturated carbocycles. The number of nitrogens with zero attached hydrogens (tertiary/aromatic N) is 15. The molecule has 27 heteroatoms. The maximum absolute atomic E-state index is 4.58. The third-order valence-corrected chi connectivity index (χ3v) is 9.70. The first kappa shape index (κ1) is 80.2. The van der Waals surface area contributed by atoms with Crippen molar-refractivity contribution in [2.45, 2.75) is 6.42 Å². The molecular weight excluding hydrogens is 1260 g/mol. The molecule has 4 N–H and O–H groups in total. The molecule has 15 heterocycles. The van der Waals surface area contributed by atoms with Crippen LogP contribution in [0.3, 0.4) is 0 Å². The number of hydrogen-bond donors (Lipinski definition) is 4. The fourth-order valence-electron chi connectivity index (χ4n) is 4.39. The first-order valence-electron chi connectivity index (χ1n) is 27.7. The lowest BCUT2D eigenvalue weighted by molar-refractivity contribution is 0.420. The number of benzene rings is 2. The van der Waals surface area contributed by atoms with Gasteiger partial charge in [-0.15, -0.1) is 43.1 Å². The minimum absolute atomic E-state index is 1.14. The maximum atomic E-state index is 4.58. The van der Waals surface area contributed by atoms with Crippen molar-refractivity contribution >= 4 is 34.0 Å². The summed E-state index contributed by atoms with van der Waals surface area (Å²) in [6.07, 6.45) is 53.3. The van der Waals surface area contributed by atoms with E-state index in [9.17, 15) is 0 Å². The second-order valence-electron chi connectivity index (χ2n) is 15.0. The van der Waals surface area contributed by atoms with E-state index in [0.717, 1.165) is 6.42 Å². The molecule has 95 heavy (non-hydrogen) atoms. The van der Waals surface area contributed by atoms with E-state index < -0.39 is 0 Å². The summed E-state index contributed by atoms with van der Waals surface area (Å²) >= 11 is 4.81. The summed E-state index contributed by atoms with van der Waals surface area (Å²) in [4.78, 5) is 28.6. The number of thiophene rings is 1. The molecule has 0 fully saturated rings. The van der Waals surface area contributed by atoms with Crippen LogP contribution in [0.4, 0.5) is 0 Å². The van der Waals surface area contributed by atoms with Crippen LogP contribution in [0.15, 0.2) is 430 Å². The Labute approximate surface area is 563 Å². The lowest BCUT2D eigenvalue weighted by Gasteiger charge is -1.70. The summed E-state index contributed by atoms with van der Waals surface area (Å²) in [5, 5.41) is 41.4. The van der Waals surface area contributed by atoms with Crippen molar-refractivity contribution in [2.75, 3.05) is 0 Å². The smallest absolute Gasteiger partial charge is 0.203 e. The van der Waals surface area contributed by atoms with Crippen molar-refractivity contribution in [1.29, 1.82) is 0 Å². The zero-order valence-electron chi connectivity index (χ0n) is 51.4. The molecule has 24 nitrogen and oxygen atoms in total. The molecule has 17 aromatic rings. The molecule has 0 bridgehead atoms. The number of oxazole rings is 1. The zero-order valence-corrected chi connectivity index (χ0v) is 53.8. The predicted octanol–water partition coefficient (Wildman–Crippen LogP) is 16.6. The number of nitrogens with one attached hydrogen (secondary N) is 4. The van der Waals surface area contributed by atoms with E-state index in [1.54, 1.807) is 170 Å². The molecule has 0 unspecified atom stereocenters. The average molecular weight is 1330 g/mol. The van der Waals surface area contributed by atoms with Gasteiger partial charge in [-0.1, -0.05) is 133 Å². The van der Waals surface area contributed by atoms with Crippen LogP contribution in [-0.4, -0.2) is 96.0 Å². The fourth-order valence-corrected chi connectivity index (χ4v) is 5.47. The Kier molecular flexibility index (Phi) is 65.2. The Balaban J connectivity index is 0.000000503. The van der Waals surface area contributed by atoms with Gasteiger partial charge in [0.05, 0.1) is 49.3 Å². The van der Waals surface area contributed by atoms with E-state index in [4.69, 9.17) is 0 Å². The monoisotopic (exact) mass is 1330 g/mol. The van der Waals surface area contributed by atoms with E-state index in [2.05, 4.69) is 143 Å². The highest BCUT2D eigenvalue weighted by molar-refractivity contribution is 7.08. The number of furan rings is 2. The van der Waals surface area contributed by atoms with E-state index in [0.29, 0.717) is 0 Å². The Morgan fingerprint density at radius 3 is 0.937 bits per heavy atom. The number of aromatic nitrogens is 19. The van der Waals surface area contributed by atoms with E-state index in [1.807, 2.05) is 192 Å². The zero-order chi connectivity index (χ0) is 67.2. The van der Waals surface area contributed by atoms with Gasteiger partial charge in [0.1, 0.15) is 36.2 Å². The summed E-state index contributed by atoms with van der Waals surface area (Å²) in [5.41, 5.74) is 5.15. The fraction of sp³-hybridized carbons (Fsp3) is 0.0147. The van der Waals surface area contributed by atoms with E-state index in [1.165, 1.54) is 55.7 Å². The minimum Gasteiger partial charge on any atom is -0.473 e. The van der Waals surface area contributed by atoms with Gasteiger partial charge in [0.15, 0.2) is 6.39 Å². The molecule has 18 rings (SSSR count). The largest absolute Gasteiger partial charge is 0.473 e. The second-order valence-corrected chi connectivity index (χ2v) is 17.3. The summed E-state index contributed by atoms with van der Waals surface area (Å²) in [6.45, 7) is 0. The lowest BCUT2D eigenvalue weighted by Crippen LogP contribution is -1.58. The van der Waals surface area contributed by atoms with Gasteiger partial charge in [-0.2, -0.15) is 26.6 Å². The van der Waals surface area contributed by atoms with Gasteiger partial charge in [-0.25, -0.2) is 15.0 Å². The third kappa shape index (κ3) is 75.3. The summed E-state index contributed by atoms with van der Waals surface area (Å²) in [6, 6.07) is 57.9. The lowest BCUT2D eigenvalue weighted by atomic mass is 10.4. The molecule has 0 amide bonds. The number of rotatable bonds is 0. The average Bonchev–Trinajstić information content (AvgIpc) is 4.49. The summed E-state index contributed by atoms with van der Waals surface area (Å²) in [5.74, 6) is 0. The summed E-state index contributed by atoms with van der Waals surface area (Å²) in [7, 11) is 0. The van der Waals surface area contributed by atoms with Crippen LogP contribution in [0, 0.1) is 0 Å². The van der Waals surface area contributed by atoms with Crippen molar-refractivity contribution in [3.05, 3.63) is 408 Å². The quantitative estimate of drug-likeness (QED) is 0.110. The minimum atomic E-state index is 1.14. The number of aromatic amines is 4. The molecule has 15 aromatic heterocycles. The highest BCUT2D eigenvalue weighted by Crippen LogP contribution is 1.94. The highest BCUT2D eigenvalue weighted by atomic mass is 32.1. The SMILES string of the molecule is C1=CCC=C1.c1c[nH]cn1.c1ccccc1.c1ccccc1.c1ccncc1.c1ccncc1.c1ccncc1.c1ccoc1.c1ccoc1.c1ccsc1.c1cn[nH]c1.c1cn[nH]c1.c1cnoc1.c1cocn1.c1cscn1.c1nc[nH]n1.c1nnco1.c1nncs1. The molecule has 0 atom stereocenters. The van der Waals surface area contributed by atoms with Crippen LogP contribution in [0.1, 0.15) is 6.42 Å². The number of allylic oxidation sites excluding steroid dienone is 4. The molecule has 0 aliphatic heterocycles. The van der Waals surface area contributed by atoms with Gasteiger partial charge in [0.25, 0.3) is 0 Å². The van der Waals surface area contributed by atoms with Crippen LogP contribution >= 0.6 is 34.0 Å². The van der Waals surface area contributed by atoms with Gasteiger partial charge < -0.3 is 27.2 Å². The van der Waals surface area contributed by atoms with Gasteiger partial charge in [0.2, 0.25) is 12.8 Å². The molecule has 488 valence electrons. The highest BCUT2D eigenvalue weighted by Gasteiger charge is 1.72. The van der Waals surface area contributed by atoms with Gasteiger partial charge in [-0.05, 0) is 96.0 Å². The Hall–Kier alpha value is -12.8.